The van der Waals surface area contributed by atoms with Gasteiger partial charge in [-0.2, -0.15) is 0 Å². The van der Waals surface area contributed by atoms with Gasteiger partial charge in [-0.25, -0.2) is 9.67 Å². The van der Waals surface area contributed by atoms with E-state index >= 15 is 0 Å². The smallest absolute Gasteiger partial charge is 0.255 e. The van der Waals surface area contributed by atoms with Crippen molar-refractivity contribution in [2.75, 3.05) is 31.1 Å². The first-order valence-electron chi connectivity index (χ1n) is 9.13. The third-order valence-corrected chi connectivity index (χ3v) is 4.67. The first-order chi connectivity index (χ1) is 12.5. The van der Waals surface area contributed by atoms with Crippen LogP contribution in [0.15, 0.2) is 24.5 Å². The fourth-order valence-corrected chi connectivity index (χ4v) is 3.04. The quantitative estimate of drug-likeness (QED) is 0.810. The molecule has 26 heavy (non-hydrogen) atoms. The molecular formula is C18H26N6O2. The molecule has 1 aliphatic heterocycles. The van der Waals surface area contributed by atoms with E-state index in [1.54, 1.807) is 28.9 Å². The van der Waals surface area contributed by atoms with E-state index in [4.69, 9.17) is 0 Å². The Labute approximate surface area is 153 Å². The molecule has 1 N–H and O–H groups in total. The Kier molecular flexibility index (Phi) is 5.51. The van der Waals surface area contributed by atoms with Gasteiger partial charge in [-0.3, -0.25) is 4.79 Å². The predicted molar refractivity (Wildman–Crippen MR) is 98.0 cm³/mol. The second-order valence-corrected chi connectivity index (χ2v) is 6.65. The van der Waals surface area contributed by atoms with Crippen LogP contribution in [0.25, 0.3) is 0 Å². The van der Waals surface area contributed by atoms with Crippen LogP contribution in [0.3, 0.4) is 0 Å². The van der Waals surface area contributed by atoms with E-state index in [-0.39, 0.29) is 11.9 Å². The third kappa shape index (κ3) is 3.70. The molecule has 1 atom stereocenters. The highest BCUT2D eigenvalue weighted by atomic mass is 16.3. The minimum absolute atomic E-state index is 0.0188. The number of carbonyl (C=O) groups excluding carboxylic acids is 1. The average Bonchev–Trinajstić information content (AvgIpc) is 3.08. The number of carbonyl (C=O) groups is 1. The van der Waals surface area contributed by atoms with Gasteiger partial charge in [0.1, 0.15) is 11.5 Å². The number of amides is 1. The second kappa shape index (κ2) is 7.82. The van der Waals surface area contributed by atoms with E-state index < -0.39 is 6.10 Å². The normalized spacial score (nSPS) is 15.6. The number of hydrogen-bond acceptors (Lipinski definition) is 6. The standard InChI is InChI=1S/C18H26N6O2/c1-4-8-22(5-2)17-7-6-14(9-19-17)18(26)23-10-15(11-23)24-12-16(13(3)25)20-21-24/h6-7,9,12-13,15,25H,4-5,8,10-11H2,1-3H3. The number of pyridine rings is 1. The minimum Gasteiger partial charge on any atom is -0.387 e. The summed E-state index contributed by atoms with van der Waals surface area (Å²) in [4.78, 5) is 21.0. The molecule has 0 saturated carbocycles. The van der Waals surface area contributed by atoms with E-state index in [0.29, 0.717) is 24.3 Å². The number of rotatable bonds is 7. The van der Waals surface area contributed by atoms with Crippen molar-refractivity contribution in [1.82, 2.24) is 24.9 Å². The largest absolute Gasteiger partial charge is 0.387 e. The molecule has 3 heterocycles. The van der Waals surface area contributed by atoms with Gasteiger partial charge in [-0.05, 0) is 32.4 Å². The molecule has 1 unspecified atom stereocenters. The van der Waals surface area contributed by atoms with Crippen molar-refractivity contribution in [3.63, 3.8) is 0 Å². The van der Waals surface area contributed by atoms with Crippen molar-refractivity contribution in [3.05, 3.63) is 35.8 Å². The van der Waals surface area contributed by atoms with Crippen molar-refractivity contribution in [2.24, 2.45) is 0 Å². The Balaban J connectivity index is 1.58. The number of likely N-dealkylation sites (tertiary alicyclic amines) is 1. The van der Waals surface area contributed by atoms with Crippen molar-refractivity contribution in [3.8, 4) is 0 Å². The summed E-state index contributed by atoms with van der Waals surface area (Å²) in [5.74, 6) is 0.885. The maximum absolute atomic E-state index is 12.6. The zero-order chi connectivity index (χ0) is 18.7. The molecule has 140 valence electrons. The van der Waals surface area contributed by atoms with Gasteiger partial charge in [0.15, 0.2) is 0 Å². The van der Waals surface area contributed by atoms with Crippen molar-refractivity contribution >= 4 is 11.7 Å². The van der Waals surface area contributed by atoms with Crippen LogP contribution in [0, 0.1) is 0 Å². The van der Waals surface area contributed by atoms with Gasteiger partial charge in [0.05, 0.1) is 23.9 Å². The van der Waals surface area contributed by atoms with Gasteiger partial charge < -0.3 is 14.9 Å². The van der Waals surface area contributed by atoms with Gasteiger partial charge in [0, 0.05) is 32.4 Å². The van der Waals surface area contributed by atoms with Crippen LogP contribution < -0.4 is 4.90 Å². The Morgan fingerprint density at radius 2 is 2.15 bits per heavy atom. The van der Waals surface area contributed by atoms with Crippen LogP contribution in [0.1, 0.15) is 55.4 Å². The topological polar surface area (TPSA) is 87.4 Å². The molecule has 1 aliphatic rings. The summed E-state index contributed by atoms with van der Waals surface area (Å²) in [7, 11) is 0. The number of anilines is 1. The van der Waals surface area contributed by atoms with E-state index in [2.05, 4.69) is 34.0 Å². The summed E-state index contributed by atoms with van der Waals surface area (Å²) in [5, 5.41) is 17.5. The Hall–Kier alpha value is -2.48. The highest BCUT2D eigenvalue weighted by Crippen LogP contribution is 2.24. The van der Waals surface area contributed by atoms with E-state index in [0.717, 1.165) is 25.3 Å². The van der Waals surface area contributed by atoms with Crippen molar-refractivity contribution in [2.45, 2.75) is 39.3 Å². The number of aliphatic hydroxyl groups is 1. The Bertz CT molecular complexity index is 736. The molecule has 0 radical (unpaired) electrons. The van der Waals surface area contributed by atoms with E-state index in [1.807, 2.05) is 12.1 Å². The molecular weight excluding hydrogens is 332 g/mol. The van der Waals surface area contributed by atoms with Gasteiger partial charge in [-0.1, -0.05) is 12.1 Å². The summed E-state index contributed by atoms with van der Waals surface area (Å²) < 4.78 is 1.72. The molecule has 1 amide bonds. The maximum atomic E-state index is 12.6. The first-order valence-corrected chi connectivity index (χ1v) is 9.13. The van der Waals surface area contributed by atoms with Crippen molar-refractivity contribution < 1.29 is 9.90 Å². The molecule has 1 fully saturated rings. The molecule has 2 aromatic heterocycles. The predicted octanol–water partition coefficient (Wildman–Crippen LogP) is 1.66. The van der Waals surface area contributed by atoms with E-state index in [9.17, 15) is 9.90 Å². The number of nitrogens with zero attached hydrogens (tertiary/aromatic N) is 6. The second-order valence-electron chi connectivity index (χ2n) is 6.65. The third-order valence-electron chi connectivity index (χ3n) is 4.67. The number of aliphatic hydroxyl groups excluding tert-OH is 1. The zero-order valence-electron chi connectivity index (χ0n) is 15.5. The Morgan fingerprint density at radius 1 is 1.38 bits per heavy atom. The zero-order valence-corrected chi connectivity index (χ0v) is 15.5. The molecule has 1 saturated heterocycles. The lowest BCUT2D eigenvalue weighted by atomic mass is 10.1. The number of hydrogen-bond donors (Lipinski definition) is 1. The van der Waals surface area contributed by atoms with Crippen LogP contribution in [0.5, 0.6) is 0 Å². The molecule has 0 aliphatic carbocycles. The molecule has 0 bridgehead atoms. The van der Waals surface area contributed by atoms with Crippen LogP contribution in [0.4, 0.5) is 5.82 Å². The van der Waals surface area contributed by atoms with Gasteiger partial charge in [0.25, 0.3) is 5.91 Å². The molecule has 8 nitrogen and oxygen atoms in total. The SMILES string of the molecule is CCCN(CC)c1ccc(C(=O)N2CC(n3cc(C(C)O)nn3)C2)cn1. The lowest BCUT2D eigenvalue weighted by Gasteiger charge is -2.38. The Morgan fingerprint density at radius 3 is 2.69 bits per heavy atom. The van der Waals surface area contributed by atoms with Crippen LogP contribution in [-0.4, -0.2) is 62.1 Å². The molecule has 0 spiro atoms. The average molecular weight is 358 g/mol. The van der Waals surface area contributed by atoms with Gasteiger partial charge in [0.2, 0.25) is 0 Å². The highest BCUT2D eigenvalue weighted by molar-refractivity contribution is 5.94. The maximum Gasteiger partial charge on any atom is 0.255 e. The van der Waals surface area contributed by atoms with Crippen molar-refractivity contribution in [1.29, 1.82) is 0 Å². The minimum atomic E-state index is -0.637. The van der Waals surface area contributed by atoms with Crippen LogP contribution >= 0.6 is 0 Å². The summed E-state index contributed by atoms with van der Waals surface area (Å²) in [6.45, 7) is 8.91. The lowest BCUT2D eigenvalue weighted by molar-refractivity contribution is 0.0498. The summed E-state index contributed by atoms with van der Waals surface area (Å²) in [6.07, 6.45) is 3.82. The fraction of sp³-hybridized carbons (Fsp3) is 0.556. The lowest BCUT2D eigenvalue weighted by Crippen LogP contribution is -2.50. The first kappa shape index (κ1) is 18.3. The van der Waals surface area contributed by atoms with Crippen LogP contribution in [0.2, 0.25) is 0 Å². The van der Waals surface area contributed by atoms with Gasteiger partial charge in [-0.15, -0.1) is 5.10 Å². The summed E-state index contributed by atoms with van der Waals surface area (Å²) in [6, 6.07) is 3.86. The summed E-state index contributed by atoms with van der Waals surface area (Å²) >= 11 is 0. The van der Waals surface area contributed by atoms with E-state index in [1.165, 1.54) is 0 Å². The highest BCUT2D eigenvalue weighted by Gasteiger charge is 2.33. The molecule has 2 aromatic rings. The molecule has 3 rings (SSSR count). The fourth-order valence-electron chi connectivity index (χ4n) is 3.04. The molecule has 0 aromatic carbocycles. The van der Waals surface area contributed by atoms with Gasteiger partial charge >= 0.3 is 0 Å². The summed E-state index contributed by atoms with van der Waals surface area (Å²) in [5.41, 5.74) is 1.14. The monoisotopic (exact) mass is 358 g/mol. The van der Waals surface area contributed by atoms with Crippen LogP contribution in [-0.2, 0) is 0 Å². The number of aromatic nitrogens is 4. The molecule has 8 heteroatoms.